The van der Waals surface area contributed by atoms with E-state index in [0.29, 0.717) is 11.3 Å². The zero-order valence-corrected chi connectivity index (χ0v) is 16.1. The Morgan fingerprint density at radius 3 is 2.33 bits per heavy atom. The number of rotatable bonds is 11. The summed E-state index contributed by atoms with van der Waals surface area (Å²) < 4.78 is 11.2. The van der Waals surface area contributed by atoms with Crippen molar-refractivity contribution in [1.82, 2.24) is 0 Å². The van der Waals surface area contributed by atoms with Crippen LogP contribution in [0.3, 0.4) is 0 Å². The number of benzene rings is 1. The van der Waals surface area contributed by atoms with Crippen molar-refractivity contribution >= 4 is 0 Å². The van der Waals surface area contributed by atoms with E-state index < -0.39 is 0 Å². The van der Waals surface area contributed by atoms with E-state index >= 15 is 0 Å². The van der Waals surface area contributed by atoms with Crippen LogP contribution in [0, 0.1) is 11.3 Å². The van der Waals surface area contributed by atoms with Gasteiger partial charge in [0.25, 0.3) is 0 Å². The van der Waals surface area contributed by atoms with Gasteiger partial charge in [-0.3, -0.25) is 0 Å². The van der Waals surface area contributed by atoms with E-state index in [1.54, 1.807) is 0 Å². The topological polar surface area (TPSA) is 18.5 Å². The van der Waals surface area contributed by atoms with Crippen LogP contribution < -0.4 is 0 Å². The van der Waals surface area contributed by atoms with Gasteiger partial charge in [0.15, 0.2) is 0 Å². The molecule has 0 aromatic heterocycles. The maximum atomic E-state index is 5.88. The van der Waals surface area contributed by atoms with E-state index in [-0.39, 0.29) is 0 Å². The quantitative estimate of drug-likeness (QED) is 0.491. The summed E-state index contributed by atoms with van der Waals surface area (Å²) in [4.78, 5) is 0. The van der Waals surface area contributed by atoms with Crippen LogP contribution in [0.2, 0.25) is 0 Å². The zero-order valence-electron chi connectivity index (χ0n) is 16.1. The average molecular weight is 333 g/mol. The van der Waals surface area contributed by atoms with Gasteiger partial charge in [0.2, 0.25) is 0 Å². The third-order valence-corrected chi connectivity index (χ3v) is 5.35. The molecule has 0 amide bonds. The molecule has 1 saturated heterocycles. The van der Waals surface area contributed by atoms with Gasteiger partial charge in [-0.15, -0.1) is 0 Å². The maximum absolute atomic E-state index is 5.88. The molecule has 1 heterocycles. The number of unbranched alkanes of at least 4 members (excludes halogenated alkanes) is 1. The van der Waals surface area contributed by atoms with Crippen LogP contribution in [-0.4, -0.2) is 26.4 Å². The molecule has 2 heteroatoms. The molecule has 1 aromatic carbocycles. The molecule has 0 saturated carbocycles. The first kappa shape index (κ1) is 19.5. The molecule has 1 aliphatic heterocycles. The van der Waals surface area contributed by atoms with Gasteiger partial charge in [0, 0.05) is 12.0 Å². The van der Waals surface area contributed by atoms with Crippen molar-refractivity contribution in [2.45, 2.75) is 65.7 Å². The summed E-state index contributed by atoms with van der Waals surface area (Å²) in [5.41, 5.74) is 3.25. The van der Waals surface area contributed by atoms with Gasteiger partial charge in [-0.1, -0.05) is 52.0 Å². The third-order valence-electron chi connectivity index (χ3n) is 5.35. The van der Waals surface area contributed by atoms with Gasteiger partial charge in [0.05, 0.1) is 19.8 Å². The Bertz CT molecular complexity index is 454. The molecule has 0 N–H and O–H groups in total. The van der Waals surface area contributed by atoms with Crippen LogP contribution in [0.4, 0.5) is 0 Å². The van der Waals surface area contributed by atoms with Crippen LogP contribution in [0.1, 0.15) is 70.4 Å². The zero-order chi connectivity index (χ0) is 17.4. The molecule has 1 atom stereocenters. The van der Waals surface area contributed by atoms with E-state index in [1.807, 2.05) is 0 Å². The minimum atomic E-state index is 0.322. The van der Waals surface area contributed by atoms with Crippen LogP contribution in [0.25, 0.3) is 0 Å². The first-order valence-corrected chi connectivity index (χ1v) is 9.79. The lowest BCUT2D eigenvalue weighted by Crippen LogP contribution is -2.45. The standard InChI is InChI=1S/C22H36O2/c1-5-22(16-24-17-22)15-23-13-7-6-8-20-9-11-21(12-10-20)19(4)14-18(2)3/h9-12,18-19H,5-8,13-17H2,1-4H3. The van der Waals surface area contributed by atoms with E-state index in [0.717, 1.165) is 51.6 Å². The highest BCUT2D eigenvalue weighted by molar-refractivity contribution is 5.25. The summed E-state index contributed by atoms with van der Waals surface area (Å²) in [7, 11) is 0. The summed E-state index contributed by atoms with van der Waals surface area (Å²) >= 11 is 0. The van der Waals surface area contributed by atoms with Crippen LogP contribution >= 0.6 is 0 Å². The molecule has 1 fully saturated rings. The average Bonchev–Trinajstić information content (AvgIpc) is 2.52. The highest BCUT2D eigenvalue weighted by Gasteiger charge is 2.36. The Labute approximate surface area is 148 Å². The number of hydrogen-bond acceptors (Lipinski definition) is 2. The van der Waals surface area contributed by atoms with Gasteiger partial charge < -0.3 is 9.47 Å². The molecular formula is C22H36O2. The first-order valence-electron chi connectivity index (χ1n) is 9.79. The molecule has 2 rings (SSSR count). The fourth-order valence-electron chi connectivity index (χ4n) is 3.46. The monoisotopic (exact) mass is 332 g/mol. The molecule has 1 aromatic rings. The van der Waals surface area contributed by atoms with Crippen LogP contribution in [0.15, 0.2) is 24.3 Å². The smallest absolute Gasteiger partial charge is 0.0566 e. The minimum Gasteiger partial charge on any atom is -0.381 e. The summed E-state index contributed by atoms with van der Waals surface area (Å²) in [5, 5.41) is 0. The molecule has 1 unspecified atom stereocenters. The van der Waals surface area contributed by atoms with Gasteiger partial charge >= 0.3 is 0 Å². The van der Waals surface area contributed by atoms with Crippen molar-refractivity contribution < 1.29 is 9.47 Å². The lowest BCUT2D eigenvalue weighted by molar-refractivity contribution is -0.150. The van der Waals surface area contributed by atoms with Gasteiger partial charge in [-0.2, -0.15) is 0 Å². The minimum absolute atomic E-state index is 0.322. The van der Waals surface area contributed by atoms with E-state index in [9.17, 15) is 0 Å². The Kier molecular flexibility index (Phi) is 7.77. The van der Waals surface area contributed by atoms with Gasteiger partial charge in [0.1, 0.15) is 0 Å². The van der Waals surface area contributed by atoms with Crippen molar-refractivity contribution in [2.75, 3.05) is 26.4 Å². The second-order valence-electron chi connectivity index (χ2n) is 8.13. The van der Waals surface area contributed by atoms with Crippen molar-refractivity contribution in [2.24, 2.45) is 11.3 Å². The van der Waals surface area contributed by atoms with Crippen molar-refractivity contribution in [3.63, 3.8) is 0 Å². The summed E-state index contributed by atoms with van der Waals surface area (Å²) in [6.45, 7) is 12.7. The van der Waals surface area contributed by atoms with Gasteiger partial charge in [-0.25, -0.2) is 0 Å². The Balaban J connectivity index is 1.60. The molecule has 24 heavy (non-hydrogen) atoms. The second-order valence-corrected chi connectivity index (χ2v) is 8.13. The molecule has 136 valence electrons. The van der Waals surface area contributed by atoms with Gasteiger partial charge in [-0.05, 0) is 55.1 Å². The lowest BCUT2D eigenvalue weighted by Gasteiger charge is -2.40. The summed E-state index contributed by atoms with van der Waals surface area (Å²) in [6.07, 6.45) is 5.93. The van der Waals surface area contributed by atoms with Crippen molar-refractivity contribution in [3.8, 4) is 0 Å². The number of hydrogen-bond donors (Lipinski definition) is 0. The second kappa shape index (κ2) is 9.58. The molecule has 0 spiro atoms. The van der Waals surface area contributed by atoms with E-state index in [1.165, 1.54) is 24.0 Å². The molecule has 0 radical (unpaired) electrons. The van der Waals surface area contributed by atoms with Crippen molar-refractivity contribution in [1.29, 1.82) is 0 Å². The largest absolute Gasteiger partial charge is 0.381 e. The molecule has 2 nitrogen and oxygen atoms in total. The third kappa shape index (κ3) is 5.89. The van der Waals surface area contributed by atoms with Crippen molar-refractivity contribution in [3.05, 3.63) is 35.4 Å². The van der Waals surface area contributed by atoms with Crippen LogP contribution in [0.5, 0.6) is 0 Å². The highest BCUT2D eigenvalue weighted by Crippen LogP contribution is 2.31. The molecule has 0 bridgehead atoms. The summed E-state index contributed by atoms with van der Waals surface area (Å²) in [6, 6.07) is 9.26. The first-order chi connectivity index (χ1) is 11.5. The fourth-order valence-corrected chi connectivity index (χ4v) is 3.46. The van der Waals surface area contributed by atoms with Crippen LogP contribution in [-0.2, 0) is 15.9 Å². The molecule has 1 aliphatic rings. The normalized spacial score (nSPS) is 17.7. The number of aryl methyl sites for hydroxylation is 1. The lowest BCUT2D eigenvalue weighted by atomic mass is 9.84. The predicted molar refractivity (Wildman–Crippen MR) is 102 cm³/mol. The Morgan fingerprint density at radius 2 is 1.79 bits per heavy atom. The summed E-state index contributed by atoms with van der Waals surface area (Å²) in [5.74, 6) is 1.42. The maximum Gasteiger partial charge on any atom is 0.0566 e. The van der Waals surface area contributed by atoms with E-state index in [2.05, 4.69) is 52.0 Å². The Hall–Kier alpha value is -0.860. The predicted octanol–water partition coefficient (Wildman–Crippen LogP) is 5.60. The fraction of sp³-hybridized carbons (Fsp3) is 0.727. The number of ether oxygens (including phenoxy) is 2. The SMILES string of the molecule is CCC1(COCCCCc2ccc(C(C)CC(C)C)cc2)COC1. The molecular weight excluding hydrogens is 296 g/mol. The molecule has 0 aliphatic carbocycles. The Morgan fingerprint density at radius 1 is 1.08 bits per heavy atom. The van der Waals surface area contributed by atoms with E-state index in [4.69, 9.17) is 9.47 Å². The highest BCUT2D eigenvalue weighted by atomic mass is 16.5.